The molecule has 0 amide bonds. The van der Waals surface area contributed by atoms with E-state index in [9.17, 15) is 15.0 Å². The number of carbonyl (C=O) groups is 1. The van der Waals surface area contributed by atoms with Crippen molar-refractivity contribution in [1.29, 1.82) is 0 Å². The molecular weight excluding hydrogens is 354 g/mol. The van der Waals surface area contributed by atoms with Crippen molar-refractivity contribution in [2.45, 2.75) is 24.4 Å². The van der Waals surface area contributed by atoms with Gasteiger partial charge in [0.2, 0.25) is 0 Å². The number of benzene rings is 1. The number of aromatic amines is 1. The van der Waals surface area contributed by atoms with Crippen LogP contribution >= 0.6 is 0 Å². The molecule has 4 atom stereocenters. The Morgan fingerprint density at radius 2 is 2.00 bits per heavy atom. The van der Waals surface area contributed by atoms with Crippen LogP contribution in [0.2, 0.25) is 0 Å². The first-order valence-corrected chi connectivity index (χ1v) is 8.24. The molecule has 2 aromatic heterocycles. The van der Waals surface area contributed by atoms with E-state index in [0.29, 0.717) is 16.7 Å². The number of aliphatic hydroxyl groups is 2. The fourth-order valence-electron chi connectivity index (χ4n) is 2.93. The lowest BCUT2D eigenvalue weighted by Crippen LogP contribution is -2.34. The third kappa shape index (κ3) is 3.21. The highest BCUT2D eigenvalue weighted by Crippen LogP contribution is 2.33. The third-order valence-electron chi connectivity index (χ3n) is 4.36. The van der Waals surface area contributed by atoms with Gasteiger partial charge in [-0.05, 0) is 12.1 Å². The Hall–Kier alpha value is -3.08. The van der Waals surface area contributed by atoms with Gasteiger partial charge in [0, 0.05) is 0 Å². The van der Waals surface area contributed by atoms with Crippen LogP contribution in [0.25, 0.3) is 11.2 Å². The van der Waals surface area contributed by atoms with Crippen LogP contribution in [0, 0.1) is 0 Å². The largest absolute Gasteiger partial charge is 0.459 e. The lowest BCUT2D eigenvalue weighted by atomic mass is 10.1. The molecule has 0 unspecified atom stereocenters. The second-order valence-corrected chi connectivity index (χ2v) is 6.12. The predicted octanol–water partition coefficient (Wildman–Crippen LogP) is -0.0462. The second-order valence-electron chi connectivity index (χ2n) is 6.12. The summed E-state index contributed by atoms with van der Waals surface area (Å²) >= 11 is 0. The highest BCUT2D eigenvalue weighted by atomic mass is 16.6. The molecule has 0 spiro atoms. The summed E-state index contributed by atoms with van der Waals surface area (Å²) in [5.41, 5.74) is 6.88. The first-order valence-electron chi connectivity index (χ1n) is 8.24. The van der Waals surface area contributed by atoms with Crippen molar-refractivity contribution in [1.82, 2.24) is 19.9 Å². The fourth-order valence-corrected chi connectivity index (χ4v) is 2.93. The lowest BCUT2D eigenvalue weighted by Gasteiger charge is -2.14. The standard InChI is InChI=1S/C17H17N5O5/c18-14-10-15(20-7-19-14)22-16(21-10)13-12(24)11(23)9(27-13)6-26-17(25)8-4-2-1-3-5-8/h1-5,7,9,11-13,23-24H,6H2,(H3,18,19,20,21,22)/t9-,11-,12-,13-/m1/s1. The van der Waals surface area contributed by atoms with Crippen molar-refractivity contribution < 1.29 is 24.5 Å². The van der Waals surface area contributed by atoms with E-state index >= 15 is 0 Å². The van der Waals surface area contributed by atoms with Crippen LogP contribution < -0.4 is 5.73 Å². The Balaban J connectivity index is 1.47. The molecule has 1 saturated heterocycles. The number of imidazole rings is 1. The summed E-state index contributed by atoms with van der Waals surface area (Å²) in [6.07, 6.45) is -3.10. The summed E-state index contributed by atoms with van der Waals surface area (Å²) in [6, 6.07) is 8.45. The highest BCUT2D eigenvalue weighted by molar-refractivity contribution is 5.89. The van der Waals surface area contributed by atoms with E-state index < -0.39 is 30.4 Å². The zero-order valence-electron chi connectivity index (χ0n) is 14.0. The minimum absolute atomic E-state index is 0.208. The normalized spacial score (nSPS) is 25.0. The summed E-state index contributed by atoms with van der Waals surface area (Å²) in [7, 11) is 0. The van der Waals surface area contributed by atoms with E-state index in [1.165, 1.54) is 6.33 Å². The van der Waals surface area contributed by atoms with Gasteiger partial charge in [-0.25, -0.2) is 19.7 Å². The van der Waals surface area contributed by atoms with Crippen LogP contribution in [0.3, 0.4) is 0 Å². The number of nitrogen functional groups attached to an aromatic ring is 1. The molecule has 4 rings (SSSR count). The number of ether oxygens (including phenoxy) is 2. The molecule has 1 aliphatic heterocycles. The van der Waals surface area contributed by atoms with E-state index in [1.54, 1.807) is 30.3 Å². The summed E-state index contributed by atoms with van der Waals surface area (Å²) in [5, 5.41) is 20.6. The molecular formula is C17H17N5O5. The maximum atomic E-state index is 12.0. The highest BCUT2D eigenvalue weighted by Gasteiger charge is 2.45. The molecule has 1 aliphatic rings. The fraction of sp³-hybridized carbons (Fsp3) is 0.294. The van der Waals surface area contributed by atoms with Crippen LogP contribution in [0.4, 0.5) is 5.82 Å². The van der Waals surface area contributed by atoms with Crippen molar-refractivity contribution in [2.75, 3.05) is 12.3 Å². The van der Waals surface area contributed by atoms with Gasteiger partial charge < -0.3 is 30.4 Å². The maximum absolute atomic E-state index is 12.0. The maximum Gasteiger partial charge on any atom is 0.338 e. The number of hydrogen-bond acceptors (Lipinski definition) is 9. The van der Waals surface area contributed by atoms with Crippen LogP contribution in [0.1, 0.15) is 22.3 Å². The molecule has 27 heavy (non-hydrogen) atoms. The van der Waals surface area contributed by atoms with Crippen molar-refractivity contribution in [3.63, 3.8) is 0 Å². The van der Waals surface area contributed by atoms with Crippen molar-refractivity contribution in [3.05, 3.63) is 48.0 Å². The smallest absolute Gasteiger partial charge is 0.338 e. The number of carbonyl (C=O) groups excluding carboxylic acids is 1. The van der Waals surface area contributed by atoms with Gasteiger partial charge in [0.1, 0.15) is 48.7 Å². The Kier molecular flexibility index (Phi) is 4.44. The molecule has 140 valence electrons. The van der Waals surface area contributed by atoms with Gasteiger partial charge >= 0.3 is 5.97 Å². The summed E-state index contributed by atoms with van der Waals surface area (Å²) in [4.78, 5) is 27.0. The Morgan fingerprint density at radius 3 is 2.74 bits per heavy atom. The van der Waals surface area contributed by atoms with Crippen LogP contribution in [-0.4, -0.2) is 61.0 Å². The zero-order chi connectivity index (χ0) is 19.0. The third-order valence-corrected chi connectivity index (χ3v) is 4.36. The number of anilines is 1. The molecule has 0 bridgehead atoms. The molecule has 0 saturated carbocycles. The number of esters is 1. The molecule has 3 heterocycles. The van der Waals surface area contributed by atoms with Gasteiger partial charge in [0.05, 0.1) is 5.56 Å². The van der Waals surface area contributed by atoms with Gasteiger partial charge in [0.25, 0.3) is 0 Å². The number of hydrogen-bond donors (Lipinski definition) is 4. The molecule has 1 fully saturated rings. The number of rotatable bonds is 4. The predicted molar refractivity (Wildman–Crippen MR) is 92.4 cm³/mol. The molecule has 0 aliphatic carbocycles. The number of aromatic nitrogens is 4. The first-order chi connectivity index (χ1) is 13.0. The number of nitrogens with one attached hydrogen (secondary N) is 1. The summed E-state index contributed by atoms with van der Waals surface area (Å²) < 4.78 is 10.9. The quantitative estimate of drug-likeness (QED) is 0.462. The van der Waals surface area contributed by atoms with Crippen molar-refractivity contribution in [2.24, 2.45) is 0 Å². The Bertz CT molecular complexity index is 963. The number of H-pyrrole nitrogens is 1. The van der Waals surface area contributed by atoms with Gasteiger partial charge in [-0.1, -0.05) is 18.2 Å². The van der Waals surface area contributed by atoms with Gasteiger partial charge in [-0.3, -0.25) is 0 Å². The Labute approximate surface area is 153 Å². The average Bonchev–Trinajstić information content (AvgIpc) is 3.24. The molecule has 3 aromatic rings. The monoisotopic (exact) mass is 371 g/mol. The first kappa shape index (κ1) is 17.3. The topological polar surface area (TPSA) is 156 Å². The van der Waals surface area contributed by atoms with Gasteiger partial charge in [0.15, 0.2) is 11.5 Å². The van der Waals surface area contributed by atoms with Crippen molar-refractivity contribution >= 4 is 23.0 Å². The SMILES string of the molecule is Nc1ncnc2nc([C@@H]3O[C@H](COC(=O)c4ccccc4)[C@@H](O)[C@H]3O)[nH]c12. The Morgan fingerprint density at radius 1 is 1.22 bits per heavy atom. The number of fused-ring (bicyclic) bond motifs is 1. The van der Waals surface area contributed by atoms with E-state index in [1.807, 2.05) is 0 Å². The van der Waals surface area contributed by atoms with Crippen LogP contribution in [0.15, 0.2) is 36.7 Å². The number of aliphatic hydroxyl groups excluding tert-OH is 2. The summed E-state index contributed by atoms with van der Waals surface area (Å²) in [6.45, 7) is -0.218. The average molecular weight is 371 g/mol. The van der Waals surface area contributed by atoms with Crippen LogP contribution in [0.5, 0.6) is 0 Å². The van der Waals surface area contributed by atoms with E-state index in [2.05, 4.69) is 19.9 Å². The van der Waals surface area contributed by atoms with Crippen LogP contribution in [-0.2, 0) is 9.47 Å². The molecule has 10 heteroatoms. The number of nitrogens with two attached hydrogens (primary N) is 1. The number of nitrogens with zero attached hydrogens (tertiary/aromatic N) is 3. The van der Waals surface area contributed by atoms with Gasteiger partial charge in [-0.15, -0.1) is 0 Å². The molecule has 1 aromatic carbocycles. The second kappa shape index (κ2) is 6.91. The summed E-state index contributed by atoms with van der Waals surface area (Å²) in [5.74, 6) is -0.0862. The minimum Gasteiger partial charge on any atom is -0.459 e. The van der Waals surface area contributed by atoms with E-state index in [4.69, 9.17) is 15.2 Å². The molecule has 10 nitrogen and oxygen atoms in total. The van der Waals surface area contributed by atoms with E-state index in [0.717, 1.165) is 0 Å². The zero-order valence-corrected chi connectivity index (χ0v) is 14.0. The minimum atomic E-state index is -1.26. The lowest BCUT2D eigenvalue weighted by molar-refractivity contribution is -0.0357. The molecule has 5 N–H and O–H groups in total. The molecule has 0 radical (unpaired) electrons. The van der Waals surface area contributed by atoms with E-state index in [-0.39, 0.29) is 18.2 Å². The van der Waals surface area contributed by atoms with Gasteiger partial charge in [-0.2, -0.15) is 0 Å². The van der Waals surface area contributed by atoms with Crippen molar-refractivity contribution in [3.8, 4) is 0 Å².